The van der Waals surface area contributed by atoms with Gasteiger partial charge < -0.3 is 4.90 Å². The van der Waals surface area contributed by atoms with Gasteiger partial charge in [-0.25, -0.2) is 0 Å². The highest BCUT2D eigenvalue weighted by Crippen LogP contribution is 2.24. The Hall–Kier alpha value is -0.530. The van der Waals surface area contributed by atoms with Crippen LogP contribution in [-0.4, -0.2) is 23.9 Å². The average Bonchev–Trinajstić information content (AvgIpc) is 2.50. The number of carbonyl (C=O) groups is 1. The molecule has 0 aromatic heterocycles. The van der Waals surface area contributed by atoms with E-state index in [4.69, 9.17) is 0 Å². The van der Waals surface area contributed by atoms with E-state index in [1.807, 2.05) is 18.7 Å². The minimum Gasteiger partial charge on any atom is -0.342 e. The van der Waals surface area contributed by atoms with Gasteiger partial charge in [-0.3, -0.25) is 4.79 Å². The smallest absolute Gasteiger partial charge is 0.225 e. The Morgan fingerprint density at radius 3 is 2.40 bits per heavy atom. The van der Waals surface area contributed by atoms with Gasteiger partial charge in [-0.15, -0.1) is 0 Å². The predicted molar refractivity (Wildman–Crippen MR) is 65.7 cm³/mol. The van der Waals surface area contributed by atoms with Gasteiger partial charge in [0.1, 0.15) is 0 Å². The Morgan fingerprint density at radius 1 is 1.33 bits per heavy atom. The van der Waals surface area contributed by atoms with Crippen LogP contribution in [0.5, 0.6) is 0 Å². The van der Waals surface area contributed by atoms with Gasteiger partial charge in [0, 0.05) is 19.0 Å². The Labute approximate surface area is 95.0 Å². The van der Waals surface area contributed by atoms with Crippen molar-refractivity contribution in [1.82, 2.24) is 4.90 Å². The summed E-state index contributed by atoms with van der Waals surface area (Å²) in [4.78, 5) is 13.7. The van der Waals surface area contributed by atoms with E-state index in [1.165, 1.54) is 12.8 Å². The SMILES string of the molecule is C.CC(C)CC1CCN(C(=O)C(C)C)C1. The minimum absolute atomic E-state index is 0. The maximum Gasteiger partial charge on any atom is 0.225 e. The number of likely N-dealkylation sites (tertiary alicyclic amines) is 1. The molecule has 1 amide bonds. The van der Waals surface area contributed by atoms with Crippen LogP contribution in [0.3, 0.4) is 0 Å². The molecule has 1 rings (SSSR count). The topological polar surface area (TPSA) is 20.3 Å². The summed E-state index contributed by atoms with van der Waals surface area (Å²) in [6.45, 7) is 10.5. The molecule has 0 aromatic rings. The van der Waals surface area contributed by atoms with E-state index >= 15 is 0 Å². The summed E-state index contributed by atoms with van der Waals surface area (Å²) >= 11 is 0. The van der Waals surface area contributed by atoms with Gasteiger partial charge in [0.25, 0.3) is 0 Å². The second-order valence-corrected chi connectivity index (χ2v) is 5.22. The van der Waals surface area contributed by atoms with Gasteiger partial charge in [0.05, 0.1) is 0 Å². The first-order chi connectivity index (χ1) is 6.50. The van der Waals surface area contributed by atoms with E-state index in [1.54, 1.807) is 0 Å². The second kappa shape index (κ2) is 6.14. The molecule has 0 N–H and O–H groups in total. The standard InChI is InChI=1S/C12H23NO.CH4/c1-9(2)7-11-5-6-13(8-11)12(14)10(3)4;/h9-11H,5-8H2,1-4H3;1H4. The van der Waals surface area contributed by atoms with Crippen LogP contribution in [-0.2, 0) is 4.79 Å². The Bertz CT molecular complexity index is 199. The Balaban J connectivity index is 0.00000196. The zero-order chi connectivity index (χ0) is 10.7. The molecule has 1 unspecified atom stereocenters. The molecule has 2 nitrogen and oxygen atoms in total. The van der Waals surface area contributed by atoms with Crippen molar-refractivity contribution in [3.8, 4) is 0 Å². The average molecular weight is 213 g/mol. The van der Waals surface area contributed by atoms with Gasteiger partial charge in [-0.1, -0.05) is 35.1 Å². The highest BCUT2D eigenvalue weighted by molar-refractivity contribution is 5.78. The summed E-state index contributed by atoms with van der Waals surface area (Å²) in [6.07, 6.45) is 2.47. The van der Waals surface area contributed by atoms with E-state index in [0.717, 1.165) is 24.9 Å². The van der Waals surface area contributed by atoms with E-state index < -0.39 is 0 Å². The molecular formula is C13H27NO. The molecule has 0 radical (unpaired) electrons. The van der Waals surface area contributed by atoms with Gasteiger partial charge in [0.15, 0.2) is 0 Å². The maximum atomic E-state index is 11.7. The first-order valence-electron chi connectivity index (χ1n) is 5.79. The molecule has 1 aliphatic heterocycles. The molecule has 90 valence electrons. The lowest BCUT2D eigenvalue weighted by molar-refractivity contribution is -0.133. The Kier molecular flexibility index (Phi) is 5.92. The number of amides is 1. The molecule has 0 aliphatic carbocycles. The third kappa shape index (κ3) is 4.23. The molecule has 0 saturated carbocycles. The van der Waals surface area contributed by atoms with E-state index in [-0.39, 0.29) is 13.3 Å². The number of rotatable bonds is 3. The van der Waals surface area contributed by atoms with Crippen molar-refractivity contribution in [3.05, 3.63) is 0 Å². The second-order valence-electron chi connectivity index (χ2n) is 5.22. The summed E-state index contributed by atoms with van der Waals surface area (Å²) in [6, 6.07) is 0. The maximum absolute atomic E-state index is 11.7. The summed E-state index contributed by atoms with van der Waals surface area (Å²) in [7, 11) is 0. The van der Waals surface area contributed by atoms with Crippen molar-refractivity contribution in [1.29, 1.82) is 0 Å². The molecule has 0 bridgehead atoms. The van der Waals surface area contributed by atoms with Crippen LogP contribution in [0.15, 0.2) is 0 Å². The summed E-state index contributed by atoms with van der Waals surface area (Å²) < 4.78 is 0. The van der Waals surface area contributed by atoms with Crippen molar-refractivity contribution in [3.63, 3.8) is 0 Å². The van der Waals surface area contributed by atoms with Crippen molar-refractivity contribution in [2.24, 2.45) is 17.8 Å². The summed E-state index contributed by atoms with van der Waals surface area (Å²) in [5.74, 6) is 2.00. The van der Waals surface area contributed by atoms with E-state index in [9.17, 15) is 4.79 Å². The molecule has 15 heavy (non-hydrogen) atoms. The van der Waals surface area contributed by atoms with E-state index in [2.05, 4.69) is 13.8 Å². The van der Waals surface area contributed by atoms with Crippen LogP contribution in [0, 0.1) is 17.8 Å². The minimum atomic E-state index is 0. The van der Waals surface area contributed by atoms with Crippen molar-refractivity contribution in [2.45, 2.75) is 48.0 Å². The van der Waals surface area contributed by atoms with Crippen LogP contribution in [0.25, 0.3) is 0 Å². The predicted octanol–water partition coefficient (Wildman–Crippen LogP) is 3.17. The van der Waals surface area contributed by atoms with Crippen LogP contribution in [0.2, 0.25) is 0 Å². The number of hydrogen-bond donors (Lipinski definition) is 0. The lowest BCUT2D eigenvalue weighted by atomic mass is 9.97. The zero-order valence-electron chi connectivity index (χ0n) is 9.92. The van der Waals surface area contributed by atoms with Crippen LogP contribution in [0.1, 0.15) is 48.0 Å². The monoisotopic (exact) mass is 213 g/mol. The molecule has 1 saturated heterocycles. The fraction of sp³-hybridized carbons (Fsp3) is 0.923. The van der Waals surface area contributed by atoms with Gasteiger partial charge in [-0.05, 0) is 24.7 Å². The summed E-state index contributed by atoms with van der Waals surface area (Å²) in [5, 5.41) is 0. The van der Waals surface area contributed by atoms with Crippen LogP contribution < -0.4 is 0 Å². The third-order valence-corrected chi connectivity index (χ3v) is 2.90. The van der Waals surface area contributed by atoms with Crippen LogP contribution in [0.4, 0.5) is 0 Å². The summed E-state index contributed by atoms with van der Waals surface area (Å²) in [5.41, 5.74) is 0. The van der Waals surface area contributed by atoms with Crippen molar-refractivity contribution in [2.75, 3.05) is 13.1 Å². The van der Waals surface area contributed by atoms with Crippen LogP contribution >= 0.6 is 0 Å². The number of carbonyl (C=O) groups excluding carboxylic acids is 1. The van der Waals surface area contributed by atoms with Gasteiger partial charge in [-0.2, -0.15) is 0 Å². The molecule has 1 atom stereocenters. The molecule has 0 spiro atoms. The molecule has 0 aromatic carbocycles. The lowest BCUT2D eigenvalue weighted by Crippen LogP contribution is -2.32. The molecule has 1 fully saturated rings. The third-order valence-electron chi connectivity index (χ3n) is 2.90. The molecule has 2 heteroatoms. The highest BCUT2D eigenvalue weighted by Gasteiger charge is 2.27. The largest absolute Gasteiger partial charge is 0.342 e. The lowest BCUT2D eigenvalue weighted by Gasteiger charge is -2.19. The normalized spacial score (nSPS) is 20.9. The van der Waals surface area contributed by atoms with Gasteiger partial charge in [0.2, 0.25) is 5.91 Å². The van der Waals surface area contributed by atoms with Crippen molar-refractivity contribution >= 4 is 5.91 Å². The number of hydrogen-bond acceptors (Lipinski definition) is 1. The van der Waals surface area contributed by atoms with Crippen molar-refractivity contribution < 1.29 is 4.79 Å². The first kappa shape index (κ1) is 14.5. The highest BCUT2D eigenvalue weighted by atomic mass is 16.2. The fourth-order valence-corrected chi connectivity index (χ4v) is 2.26. The fourth-order valence-electron chi connectivity index (χ4n) is 2.26. The molecule has 1 aliphatic rings. The van der Waals surface area contributed by atoms with Gasteiger partial charge >= 0.3 is 0 Å². The number of nitrogens with zero attached hydrogens (tertiary/aromatic N) is 1. The quantitative estimate of drug-likeness (QED) is 0.705. The molecule has 1 heterocycles. The van der Waals surface area contributed by atoms with E-state index in [0.29, 0.717) is 5.91 Å². The molecular weight excluding hydrogens is 186 g/mol. The Morgan fingerprint density at radius 2 is 1.93 bits per heavy atom. The zero-order valence-corrected chi connectivity index (χ0v) is 9.92. The first-order valence-corrected chi connectivity index (χ1v) is 5.79.